The number of hydrogen-bond acceptors (Lipinski definition) is 2. The molecule has 0 aromatic carbocycles. The molecular weight excluding hydrogens is 488 g/mol. The van der Waals surface area contributed by atoms with Crippen LogP contribution in [0.4, 0.5) is 0 Å². The second-order valence-electron chi connectivity index (χ2n) is 14.2. The van der Waals surface area contributed by atoms with E-state index in [1.807, 2.05) is 14.2 Å². The van der Waals surface area contributed by atoms with E-state index < -0.39 is 0 Å². The van der Waals surface area contributed by atoms with Gasteiger partial charge in [-0.2, -0.15) is 0 Å². The number of rotatable bonds is 23. The first-order valence-corrected chi connectivity index (χ1v) is 18.7. The summed E-state index contributed by atoms with van der Waals surface area (Å²) in [7, 11) is 3.79. The number of methoxy groups -OCH3 is 2. The summed E-state index contributed by atoms with van der Waals surface area (Å²) in [4.78, 5) is 0. The first-order chi connectivity index (χ1) is 19.7. The SMILES string of the molecule is CCCCCCC1CCC(CCCCCCCCOC)C(CC2CCCCCCC2COC)C1CCCCCC. The summed E-state index contributed by atoms with van der Waals surface area (Å²) in [6, 6.07) is 0. The molecule has 0 amide bonds. The van der Waals surface area contributed by atoms with Crippen molar-refractivity contribution in [1.82, 2.24) is 0 Å². The van der Waals surface area contributed by atoms with Gasteiger partial charge in [0.05, 0.1) is 0 Å². The highest BCUT2D eigenvalue weighted by atomic mass is 16.5. The second kappa shape index (κ2) is 24.4. The lowest BCUT2D eigenvalue weighted by Crippen LogP contribution is -2.38. The van der Waals surface area contributed by atoms with E-state index in [2.05, 4.69) is 13.8 Å². The van der Waals surface area contributed by atoms with Crippen LogP contribution < -0.4 is 0 Å². The van der Waals surface area contributed by atoms with Crippen molar-refractivity contribution < 1.29 is 9.47 Å². The third-order valence-corrected chi connectivity index (χ3v) is 11.2. The minimum Gasteiger partial charge on any atom is -0.385 e. The summed E-state index contributed by atoms with van der Waals surface area (Å²) >= 11 is 0. The Labute approximate surface area is 252 Å². The van der Waals surface area contributed by atoms with E-state index in [1.165, 1.54) is 167 Å². The first-order valence-electron chi connectivity index (χ1n) is 18.7. The molecule has 2 aliphatic rings. The zero-order chi connectivity index (χ0) is 28.7. The summed E-state index contributed by atoms with van der Waals surface area (Å²) in [5, 5.41) is 0. The predicted octanol–water partition coefficient (Wildman–Crippen LogP) is 12.2. The Morgan fingerprint density at radius 2 is 0.975 bits per heavy atom. The molecule has 0 aliphatic heterocycles. The van der Waals surface area contributed by atoms with E-state index in [1.54, 1.807) is 0 Å². The molecule has 2 nitrogen and oxygen atoms in total. The van der Waals surface area contributed by atoms with Gasteiger partial charge in [0.1, 0.15) is 0 Å². The molecule has 6 atom stereocenters. The molecule has 0 aromatic heterocycles. The summed E-state index contributed by atoms with van der Waals surface area (Å²) in [5.41, 5.74) is 0. The Kier molecular flexibility index (Phi) is 22.0. The molecule has 2 fully saturated rings. The molecule has 2 rings (SSSR count). The molecule has 6 unspecified atom stereocenters. The van der Waals surface area contributed by atoms with Crippen LogP contribution in [-0.2, 0) is 9.47 Å². The van der Waals surface area contributed by atoms with Crippen molar-refractivity contribution in [3.8, 4) is 0 Å². The summed E-state index contributed by atoms with van der Waals surface area (Å²) in [6.07, 6.45) is 37.7. The van der Waals surface area contributed by atoms with Crippen molar-refractivity contribution in [3.05, 3.63) is 0 Å². The van der Waals surface area contributed by atoms with Gasteiger partial charge in [-0.25, -0.2) is 0 Å². The van der Waals surface area contributed by atoms with Crippen LogP contribution in [0.5, 0.6) is 0 Å². The highest BCUT2D eigenvalue weighted by Crippen LogP contribution is 2.49. The van der Waals surface area contributed by atoms with E-state index in [9.17, 15) is 0 Å². The molecule has 0 radical (unpaired) electrons. The fourth-order valence-electron chi connectivity index (χ4n) is 8.82. The van der Waals surface area contributed by atoms with Crippen LogP contribution in [0.25, 0.3) is 0 Å². The van der Waals surface area contributed by atoms with Crippen LogP contribution in [0.2, 0.25) is 0 Å². The van der Waals surface area contributed by atoms with Gasteiger partial charge in [0.2, 0.25) is 0 Å². The van der Waals surface area contributed by atoms with Gasteiger partial charge in [0, 0.05) is 27.4 Å². The van der Waals surface area contributed by atoms with Crippen LogP contribution in [-0.4, -0.2) is 27.4 Å². The molecule has 0 aromatic rings. The zero-order valence-corrected chi connectivity index (χ0v) is 28.1. The van der Waals surface area contributed by atoms with E-state index in [0.29, 0.717) is 0 Å². The molecule has 2 aliphatic carbocycles. The van der Waals surface area contributed by atoms with E-state index in [4.69, 9.17) is 9.47 Å². The molecular formula is C38H74O2. The topological polar surface area (TPSA) is 18.5 Å². The Hall–Kier alpha value is -0.0800. The molecule has 2 saturated carbocycles. The lowest BCUT2D eigenvalue weighted by atomic mass is 9.59. The van der Waals surface area contributed by atoms with Gasteiger partial charge in [-0.15, -0.1) is 0 Å². The average Bonchev–Trinajstić information content (AvgIpc) is 2.95. The Balaban J connectivity index is 2.11. The van der Waals surface area contributed by atoms with Gasteiger partial charge in [0.15, 0.2) is 0 Å². The molecule has 0 heterocycles. The van der Waals surface area contributed by atoms with Gasteiger partial charge in [0.25, 0.3) is 0 Å². The smallest absolute Gasteiger partial charge is 0.0493 e. The Bertz CT molecular complexity index is 548. The number of unbranched alkanes of at least 4 members (excludes halogenated alkanes) is 11. The van der Waals surface area contributed by atoms with Crippen molar-refractivity contribution >= 4 is 0 Å². The summed E-state index contributed by atoms with van der Waals surface area (Å²) in [5.74, 6) is 5.70. The monoisotopic (exact) mass is 563 g/mol. The highest BCUT2D eigenvalue weighted by molar-refractivity contribution is 4.90. The lowest BCUT2D eigenvalue weighted by molar-refractivity contribution is 0.0243. The van der Waals surface area contributed by atoms with Crippen molar-refractivity contribution in [1.29, 1.82) is 0 Å². The van der Waals surface area contributed by atoms with Crippen molar-refractivity contribution in [3.63, 3.8) is 0 Å². The van der Waals surface area contributed by atoms with E-state index in [-0.39, 0.29) is 0 Å². The fourth-order valence-corrected chi connectivity index (χ4v) is 8.82. The Morgan fingerprint density at radius 1 is 0.450 bits per heavy atom. The second-order valence-corrected chi connectivity index (χ2v) is 14.2. The maximum atomic E-state index is 5.86. The molecule has 0 spiro atoms. The van der Waals surface area contributed by atoms with Crippen molar-refractivity contribution in [2.45, 2.75) is 181 Å². The minimum absolute atomic E-state index is 0.809. The quantitative estimate of drug-likeness (QED) is 0.115. The molecule has 40 heavy (non-hydrogen) atoms. The molecule has 0 bridgehead atoms. The zero-order valence-electron chi connectivity index (χ0n) is 28.1. The van der Waals surface area contributed by atoms with Crippen LogP contribution in [0, 0.1) is 35.5 Å². The van der Waals surface area contributed by atoms with Crippen LogP contribution >= 0.6 is 0 Å². The van der Waals surface area contributed by atoms with E-state index >= 15 is 0 Å². The first kappa shape index (κ1) is 36.1. The van der Waals surface area contributed by atoms with Gasteiger partial charge in [-0.1, -0.05) is 142 Å². The standard InChI is InChI=1S/C38H74O2/c1-5-7-9-17-23-33-28-29-34(24-18-13-11-12-16-22-30-39-3)38(37(33)27-21-10-8-6-2)31-35-25-19-14-15-20-26-36(35)32-40-4/h33-38H,5-32H2,1-4H3. The fraction of sp³-hybridized carbons (Fsp3) is 1.00. The van der Waals surface area contributed by atoms with Gasteiger partial charge >= 0.3 is 0 Å². The predicted molar refractivity (Wildman–Crippen MR) is 176 cm³/mol. The van der Waals surface area contributed by atoms with E-state index in [0.717, 1.165) is 48.7 Å². The van der Waals surface area contributed by atoms with Gasteiger partial charge < -0.3 is 9.47 Å². The van der Waals surface area contributed by atoms with Crippen LogP contribution in [0.15, 0.2) is 0 Å². The molecule has 238 valence electrons. The maximum absolute atomic E-state index is 5.86. The van der Waals surface area contributed by atoms with Crippen molar-refractivity contribution in [2.24, 2.45) is 35.5 Å². The average molecular weight is 563 g/mol. The van der Waals surface area contributed by atoms with Gasteiger partial charge in [-0.05, 0) is 74.0 Å². The van der Waals surface area contributed by atoms with Crippen molar-refractivity contribution in [2.75, 3.05) is 27.4 Å². The summed E-state index contributed by atoms with van der Waals surface area (Å²) in [6.45, 7) is 6.68. The lowest BCUT2D eigenvalue weighted by Gasteiger charge is -2.46. The third kappa shape index (κ3) is 14.9. The highest BCUT2D eigenvalue weighted by Gasteiger charge is 2.40. The van der Waals surface area contributed by atoms with Crippen LogP contribution in [0.3, 0.4) is 0 Å². The maximum Gasteiger partial charge on any atom is 0.0493 e. The minimum atomic E-state index is 0.809. The number of hydrogen-bond donors (Lipinski definition) is 0. The Morgan fingerprint density at radius 3 is 1.57 bits per heavy atom. The normalized spacial score (nSPS) is 27.9. The largest absolute Gasteiger partial charge is 0.385 e. The van der Waals surface area contributed by atoms with Crippen LogP contribution in [0.1, 0.15) is 181 Å². The third-order valence-electron chi connectivity index (χ3n) is 11.2. The molecule has 2 heteroatoms. The molecule has 0 saturated heterocycles. The molecule has 0 N–H and O–H groups in total. The van der Waals surface area contributed by atoms with Gasteiger partial charge in [-0.3, -0.25) is 0 Å². The summed E-state index contributed by atoms with van der Waals surface area (Å²) < 4.78 is 11.1. The number of ether oxygens (including phenoxy) is 2.